The lowest BCUT2D eigenvalue weighted by Gasteiger charge is -2.59. The monoisotopic (exact) mass is 1720 g/mol. The molecule has 0 amide bonds. The molecule has 124 heavy (non-hydrogen) atoms. The van der Waals surface area contributed by atoms with Crippen LogP contribution in [0.4, 0.5) is 0 Å². The van der Waals surface area contributed by atoms with E-state index in [1.54, 1.807) is 12.1 Å². The largest absolute Gasteiger partial charge is 0.508 e. The molecule has 686 valence electrons. The SMILES string of the molecule is CCC(C)(C)C(=O)OC12CC3CC(CC(O)(C3)C1)C2.CCC(C)(C)C(=O)OC1C2CC3C(=O)OC1C3C2.CCC(C)(C)C(=O)OCCOC(=O)C1CCCCC1C(=O)OC(OCc1ccccc1)C(C)C.CCC(C)(C)C(=O)Oc1ccc(-c2ccccc2)cc1.CCC(C)c1ccc(O)cc1.CCC(C)c1ccc(OCC(=O)OC(OC)C(C)(C)C)cc1. The summed E-state index contributed by atoms with van der Waals surface area (Å²) >= 11 is 0. The number of aromatic hydroxyl groups is 1. The molecule has 1 aliphatic heterocycles. The summed E-state index contributed by atoms with van der Waals surface area (Å²) in [5.74, 6) is 1.22. The zero-order valence-electron chi connectivity index (χ0n) is 78.5. The van der Waals surface area contributed by atoms with Crippen molar-refractivity contribution >= 4 is 47.8 Å². The first kappa shape index (κ1) is 102. The summed E-state index contributed by atoms with van der Waals surface area (Å²) < 4.78 is 60.6. The number of benzene rings is 5. The minimum absolute atomic E-state index is 0.00140. The van der Waals surface area contributed by atoms with E-state index in [1.807, 2.05) is 227 Å². The zero-order chi connectivity index (χ0) is 91.7. The fraction of sp³-hybridized carbons (Fsp3) is 0.631. The number of phenols is 1. The second-order valence-electron chi connectivity index (χ2n) is 39.4. The highest BCUT2D eigenvalue weighted by Crippen LogP contribution is 2.60. The third kappa shape index (κ3) is 29.5. The number of aliphatic hydroxyl groups is 1. The molecular formula is C103H148O21. The molecule has 13 atom stereocenters. The fourth-order valence-corrected chi connectivity index (χ4v) is 16.7. The lowest BCUT2D eigenvalue weighted by Crippen LogP contribution is -2.61. The number of hydrogen-bond donors (Lipinski definition) is 2. The van der Waals surface area contributed by atoms with Crippen LogP contribution in [0.1, 0.15) is 289 Å². The summed E-state index contributed by atoms with van der Waals surface area (Å²) in [6.07, 6.45) is 13.9. The minimum Gasteiger partial charge on any atom is -0.508 e. The molecule has 21 heteroatoms. The summed E-state index contributed by atoms with van der Waals surface area (Å²) in [5, 5.41) is 19.7. The Labute approximate surface area is 739 Å². The summed E-state index contributed by atoms with van der Waals surface area (Å²) in [7, 11) is 1.53. The van der Waals surface area contributed by atoms with Gasteiger partial charge in [-0.1, -0.05) is 200 Å². The van der Waals surface area contributed by atoms with E-state index in [2.05, 4.69) is 39.8 Å². The van der Waals surface area contributed by atoms with Crippen molar-refractivity contribution in [3.63, 3.8) is 0 Å². The van der Waals surface area contributed by atoms with Gasteiger partial charge in [0.2, 0.25) is 12.6 Å². The molecule has 8 aliphatic rings. The van der Waals surface area contributed by atoms with Gasteiger partial charge < -0.3 is 62.3 Å². The fourth-order valence-electron chi connectivity index (χ4n) is 16.7. The molecule has 1 saturated heterocycles. The molecular weight excluding hydrogens is 1570 g/mol. The Morgan fingerprint density at radius 1 is 0.540 bits per heavy atom. The molecule has 0 radical (unpaired) electrons. The molecule has 6 bridgehead atoms. The second kappa shape index (κ2) is 46.2. The summed E-state index contributed by atoms with van der Waals surface area (Å²) in [4.78, 5) is 97.8. The molecule has 0 aromatic heterocycles. The first-order valence-corrected chi connectivity index (χ1v) is 45.6. The lowest BCUT2D eigenvalue weighted by atomic mass is 9.52. The topological polar surface area (TPSA) is 279 Å². The van der Waals surface area contributed by atoms with Crippen molar-refractivity contribution in [3.05, 3.63) is 150 Å². The van der Waals surface area contributed by atoms with Gasteiger partial charge in [0.05, 0.1) is 51.6 Å². The average Bonchev–Trinajstić information content (AvgIpc) is 1.45. The Kier molecular flexibility index (Phi) is 38.1. The molecule has 1 heterocycles. The Bertz CT molecular complexity index is 4170. The molecule has 13 unspecified atom stereocenters. The first-order valence-electron chi connectivity index (χ1n) is 45.6. The van der Waals surface area contributed by atoms with Crippen LogP contribution in [-0.2, 0) is 87.6 Å². The van der Waals surface area contributed by atoms with Crippen molar-refractivity contribution in [2.45, 2.75) is 315 Å². The van der Waals surface area contributed by atoms with Crippen LogP contribution in [0, 0.1) is 74.4 Å². The van der Waals surface area contributed by atoms with Crippen LogP contribution in [0.2, 0.25) is 0 Å². The highest BCUT2D eigenvalue weighted by molar-refractivity contribution is 5.83. The second-order valence-corrected chi connectivity index (χ2v) is 39.4. The van der Waals surface area contributed by atoms with Gasteiger partial charge in [0.1, 0.15) is 48.3 Å². The van der Waals surface area contributed by atoms with E-state index in [-0.39, 0.29) is 84.7 Å². The van der Waals surface area contributed by atoms with E-state index in [0.717, 1.165) is 100 Å². The zero-order valence-corrected chi connectivity index (χ0v) is 78.5. The number of carbonyl (C=O) groups excluding carboxylic acids is 8. The molecule has 0 spiro atoms. The standard InChI is InChI=1S/C27H40O7.C18H28O4.C18H20O2.C16H26O3.C14H20O4.C10H14O/c1-6-27(4,5)26(30)32-17-16-31-23(28)21-14-10-11-15-22(21)24(29)34-25(19(2)3)33-18-20-12-8-7-9-13-20;1-7-13(2)14-8-10-15(11-9-14)21-12-16(19)22-17(20-6)18(3,4)5;1-4-18(2,3)17(19)20-16-12-10-15(11-13-16)14-8-6-5-7-9-14;1-4-14(2,3)13(17)19-16-8-11-5-12(9-16)7-15(18,6-11)10-16;1-4-14(2,3)13(16)18-10-7-5-8-9(6-7)12(15)17-11(8)10;1-3-8(2)9-4-6-10(11)7-5-9/h7-9,12-13,19,21-22,25H,6,10-11,14-18H2,1-5H3;8-11,13,17H,7,12H2,1-6H3;5-13H,4H2,1-3H3;11-12,18H,4-10H2,1-3H3;7-11H,4-6H2,1-3H3;4-8,11H,3H2,1-2H3. The summed E-state index contributed by atoms with van der Waals surface area (Å²) in [6.45, 7) is 41.6. The van der Waals surface area contributed by atoms with Crippen LogP contribution in [0.15, 0.2) is 133 Å². The van der Waals surface area contributed by atoms with Crippen LogP contribution in [-0.4, -0.2) is 121 Å². The van der Waals surface area contributed by atoms with Gasteiger partial charge in [-0.3, -0.25) is 33.6 Å². The molecule has 21 nitrogen and oxygen atoms in total. The van der Waals surface area contributed by atoms with E-state index < -0.39 is 69.6 Å². The van der Waals surface area contributed by atoms with E-state index in [1.165, 1.54) is 24.7 Å². The maximum Gasteiger partial charge on any atom is 0.346 e. The molecule has 5 aromatic rings. The first-order chi connectivity index (χ1) is 58.4. The van der Waals surface area contributed by atoms with Gasteiger partial charge in [0, 0.05) is 36.7 Å². The smallest absolute Gasteiger partial charge is 0.346 e. The van der Waals surface area contributed by atoms with E-state index in [0.29, 0.717) is 85.0 Å². The lowest BCUT2D eigenvalue weighted by molar-refractivity contribution is -0.225. The predicted octanol–water partition coefficient (Wildman–Crippen LogP) is 21.8. The Hall–Kier alpha value is -8.66. The average molecular weight is 1720 g/mol. The van der Waals surface area contributed by atoms with Crippen molar-refractivity contribution in [1.82, 2.24) is 0 Å². The Morgan fingerprint density at radius 2 is 1.03 bits per heavy atom. The van der Waals surface area contributed by atoms with Gasteiger partial charge in [-0.15, -0.1) is 0 Å². The third-order valence-electron chi connectivity index (χ3n) is 26.5. The molecule has 2 N–H and O–H groups in total. The summed E-state index contributed by atoms with van der Waals surface area (Å²) in [5.41, 5.74) is 2.75. The van der Waals surface area contributed by atoms with Crippen LogP contribution >= 0.6 is 0 Å². The number of ether oxygens (including phenoxy) is 11. The number of hydrogen-bond acceptors (Lipinski definition) is 21. The third-order valence-corrected chi connectivity index (χ3v) is 26.5. The molecule has 5 aromatic carbocycles. The van der Waals surface area contributed by atoms with Gasteiger partial charge in [0.15, 0.2) is 6.61 Å². The van der Waals surface area contributed by atoms with Gasteiger partial charge in [-0.05, 0) is 240 Å². The quantitative estimate of drug-likeness (QED) is 0.0137. The van der Waals surface area contributed by atoms with Crippen molar-refractivity contribution in [1.29, 1.82) is 0 Å². The normalized spacial score (nSPS) is 23.5. The van der Waals surface area contributed by atoms with E-state index >= 15 is 0 Å². The number of rotatable bonds is 31. The number of esters is 8. The summed E-state index contributed by atoms with van der Waals surface area (Å²) in [6, 6.07) is 42.7. The van der Waals surface area contributed by atoms with Gasteiger partial charge in [0.25, 0.3) is 0 Å². The van der Waals surface area contributed by atoms with Crippen LogP contribution in [0.25, 0.3) is 11.1 Å². The Morgan fingerprint density at radius 3 is 1.55 bits per heavy atom. The highest BCUT2D eigenvalue weighted by Gasteiger charge is 2.64. The minimum atomic E-state index is -0.701. The van der Waals surface area contributed by atoms with Gasteiger partial charge in [-0.2, -0.15) is 0 Å². The Balaban J connectivity index is 0.000000210. The van der Waals surface area contributed by atoms with Gasteiger partial charge >= 0.3 is 47.8 Å². The number of fused-ring (bicyclic) bond motifs is 1. The molecule has 8 fully saturated rings. The van der Waals surface area contributed by atoms with E-state index in [9.17, 15) is 43.5 Å². The number of methoxy groups -OCH3 is 1. The van der Waals surface area contributed by atoms with Crippen LogP contribution in [0.3, 0.4) is 0 Å². The van der Waals surface area contributed by atoms with Crippen LogP contribution < -0.4 is 9.47 Å². The maximum atomic E-state index is 13.0. The molecule has 7 saturated carbocycles. The number of phenolic OH excluding ortho intramolecular Hbond substituents is 1. The van der Waals surface area contributed by atoms with Crippen molar-refractivity contribution < 1.29 is 101 Å². The number of carbonyl (C=O) groups is 8. The molecule has 13 rings (SSSR count). The van der Waals surface area contributed by atoms with Crippen molar-refractivity contribution in [2.75, 3.05) is 26.9 Å². The highest BCUT2D eigenvalue weighted by atomic mass is 16.7. The van der Waals surface area contributed by atoms with Gasteiger partial charge in [-0.25, -0.2) is 4.79 Å². The van der Waals surface area contributed by atoms with Crippen molar-refractivity contribution in [2.24, 2.45) is 74.4 Å². The van der Waals surface area contributed by atoms with Crippen LogP contribution in [0.5, 0.6) is 17.2 Å². The maximum absolute atomic E-state index is 13.0. The van der Waals surface area contributed by atoms with E-state index in [4.69, 9.17) is 57.2 Å². The predicted molar refractivity (Wildman–Crippen MR) is 479 cm³/mol. The van der Waals surface area contributed by atoms with Crippen molar-refractivity contribution in [3.8, 4) is 28.4 Å². The molecule has 7 aliphatic carbocycles.